The fourth-order valence-electron chi connectivity index (χ4n) is 2.58. The molecular formula is C21H19FN2O4S. The Labute approximate surface area is 168 Å². The van der Waals surface area contributed by atoms with Crippen molar-refractivity contribution < 1.29 is 22.3 Å². The van der Waals surface area contributed by atoms with Gasteiger partial charge in [0.15, 0.2) is 5.75 Å². The molecule has 0 atom stereocenters. The average Bonchev–Trinajstić information content (AvgIpc) is 2.70. The first-order valence-corrected chi connectivity index (χ1v) is 10.3. The normalized spacial score (nSPS) is 11.1. The number of rotatable bonds is 7. The standard InChI is InChI=1S/C21H19FN2O4S/c1-2-23-29(26,27)16-12-13-18(22)17(14-16)21(25)24-19-10-6-7-11-20(19)28-15-8-4-3-5-9-15/h3-14,23H,2H2,1H3,(H,24,25). The highest BCUT2D eigenvalue weighted by Gasteiger charge is 2.20. The maximum atomic E-state index is 14.2. The Kier molecular flexibility index (Phi) is 6.26. The second-order valence-electron chi connectivity index (χ2n) is 6.01. The van der Waals surface area contributed by atoms with Crippen LogP contribution in [0.5, 0.6) is 11.5 Å². The van der Waals surface area contributed by atoms with Gasteiger partial charge in [0.2, 0.25) is 10.0 Å². The predicted octanol–water partition coefficient (Wildman–Crippen LogP) is 4.17. The molecule has 1 amide bonds. The summed E-state index contributed by atoms with van der Waals surface area (Å²) in [5.41, 5.74) is -0.0702. The number of hydrogen-bond donors (Lipinski definition) is 2. The van der Waals surface area contributed by atoms with Gasteiger partial charge in [-0.05, 0) is 42.5 Å². The number of amides is 1. The second-order valence-corrected chi connectivity index (χ2v) is 7.78. The molecule has 3 aromatic rings. The quantitative estimate of drug-likeness (QED) is 0.608. The fourth-order valence-corrected chi connectivity index (χ4v) is 3.65. The second kappa shape index (κ2) is 8.85. The van der Waals surface area contributed by atoms with Crippen LogP contribution in [0.25, 0.3) is 0 Å². The maximum Gasteiger partial charge on any atom is 0.258 e. The summed E-state index contributed by atoms with van der Waals surface area (Å²) in [6.45, 7) is 1.80. The lowest BCUT2D eigenvalue weighted by Gasteiger charge is -2.13. The Balaban J connectivity index is 1.88. The van der Waals surface area contributed by atoms with E-state index in [1.165, 1.54) is 0 Å². The molecule has 8 heteroatoms. The van der Waals surface area contributed by atoms with Crippen LogP contribution in [0.1, 0.15) is 17.3 Å². The van der Waals surface area contributed by atoms with Crippen LogP contribution in [-0.2, 0) is 10.0 Å². The van der Waals surface area contributed by atoms with Gasteiger partial charge in [0.25, 0.3) is 5.91 Å². The van der Waals surface area contributed by atoms with Crippen LogP contribution in [0.3, 0.4) is 0 Å². The van der Waals surface area contributed by atoms with E-state index in [2.05, 4.69) is 10.0 Å². The SMILES string of the molecule is CCNS(=O)(=O)c1ccc(F)c(C(=O)Nc2ccccc2Oc2ccccc2)c1. The zero-order chi connectivity index (χ0) is 20.9. The van der Waals surface area contributed by atoms with Gasteiger partial charge in [-0.2, -0.15) is 0 Å². The highest BCUT2D eigenvalue weighted by molar-refractivity contribution is 7.89. The summed E-state index contributed by atoms with van der Waals surface area (Å²) < 4.78 is 46.6. The van der Waals surface area contributed by atoms with Gasteiger partial charge in [0, 0.05) is 6.54 Å². The molecule has 0 fully saturated rings. The van der Waals surface area contributed by atoms with Crippen LogP contribution in [0.4, 0.5) is 10.1 Å². The number of carbonyl (C=O) groups is 1. The van der Waals surface area contributed by atoms with E-state index in [-0.39, 0.29) is 11.4 Å². The summed E-state index contributed by atoms with van der Waals surface area (Å²) in [5, 5.41) is 2.58. The molecule has 0 spiro atoms. The molecule has 0 bridgehead atoms. The number of ether oxygens (including phenoxy) is 1. The molecule has 6 nitrogen and oxygen atoms in total. The van der Waals surface area contributed by atoms with Crippen LogP contribution < -0.4 is 14.8 Å². The van der Waals surface area contributed by atoms with E-state index in [0.717, 1.165) is 18.2 Å². The Morgan fingerprint density at radius 3 is 2.41 bits per heavy atom. The Hall–Kier alpha value is -3.23. The minimum Gasteiger partial charge on any atom is -0.455 e. The van der Waals surface area contributed by atoms with Gasteiger partial charge in [-0.25, -0.2) is 17.5 Å². The molecule has 150 valence electrons. The zero-order valence-corrected chi connectivity index (χ0v) is 16.4. The molecule has 0 heterocycles. The van der Waals surface area contributed by atoms with E-state index >= 15 is 0 Å². The Morgan fingerprint density at radius 1 is 1.00 bits per heavy atom. The van der Waals surface area contributed by atoms with Gasteiger partial charge in [0.05, 0.1) is 16.1 Å². The maximum absolute atomic E-state index is 14.2. The number of anilines is 1. The number of benzene rings is 3. The molecule has 3 rings (SSSR count). The molecule has 29 heavy (non-hydrogen) atoms. The fraction of sp³-hybridized carbons (Fsp3) is 0.0952. The Morgan fingerprint density at radius 2 is 1.69 bits per heavy atom. The molecule has 0 saturated carbocycles. The number of hydrogen-bond acceptors (Lipinski definition) is 4. The summed E-state index contributed by atoms with van der Waals surface area (Å²) in [5.74, 6) is -0.692. The van der Waals surface area contributed by atoms with E-state index in [0.29, 0.717) is 17.2 Å². The first kappa shape index (κ1) is 20.5. The Bertz CT molecular complexity index is 1120. The highest BCUT2D eigenvalue weighted by atomic mass is 32.2. The van der Waals surface area contributed by atoms with Crippen molar-refractivity contribution in [2.75, 3.05) is 11.9 Å². The predicted molar refractivity (Wildman–Crippen MR) is 108 cm³/mol. The summed E-state index contributed by atoms with van der Waals surface area (Å²) in [4.78, 5) is 12.5. The van der Waals surface area contributed by atoms with Crippen LogP contribution in [0.15, 0.2) is 77.7 Å². The van der Waals surface area contributed by atoms with E-state index in [1.54, 1.807) is 43.3 Å². The van der Waals surface area contributed by atoms with Crippen LogP contribution >= 0.6 is 0 Å². The molecule has 0 saturated heterocycles. The van der Waals surface area contributed by atoms with E-state index in [9.17, 15) is 17.6 Å². The van der Waals surface area contributed by atoms with Crippen molar-refractivity contribution in [1.82, 2.24) is 4.72 Å². The van der Waals surface area contributed by atoms with E-state index < -0.39 is 27.3 Å². The summed E-state index contributed by atoms with van der Waals surface area (Å²) in [6, 6.07) is 18.7. The smallest absolute Gasteiger partial charge is 0.258 e. The van der Waals surface area contributed by atoms with Crippen LogP contribution in [0.2, 0.25) is 0 Å². The number of para-hydroxylation sites is 3. The lowest BCUT2D eigenvalue weighted by molar-refractivity contribution is 0.102. The molecule has 0 aliphatic heterocycles. The van der Waals surface area contributed by atoms with Gasteiger partial charge in [0.1, 0.15) is 11.6 Å². The van der Waals surface area contributed by atoms with Crippen LogP contribution in [0, 0.1) is 5.82 Å². The van der Waals surface area contributed by atoms with Gasteiger partial charge in [-0.3, -0.25) is 4.79 Å². The van der Waals surface area contributed by atoms with Crippen molar-refractivity contribution in [1.29, 1.82) is 0 Å². The van der Waals surface area contributed by atoms with Crippen molar-refractivity contribution in [2.45, 2.75) is 11.8 Å². The number of nitrogens with one attached hydrogen (secondary N) is 2. The topological polar surface area (TPSA) is 84.5 Å². The lowest BCUT2D eigenvalue weighted by atomic mass is 10.2. The first-order chi connectivity index (χ1) is 13.9. The van der Waals surface area contributed by atoms with Gasteiger partial charge in [-0.15, -0.1) is 0 Å². The largest absolute Gasteiger partial charge is 0.455 e. The summed E-state index contributed by atoms with van der Waals surface area (Å²) in [7, 11) is -3.83. The van der Waals surface area contributed by atoms with E-state index in [4.69, 9.17) is 4.74 Å². The van der Waals surface area contributed by atoms with Gasteiger partial charge in [-0.1, -0.05) is 37.3 Å². The van der Waals surface area contributed by atoms with Gasteiger partial charge < -0.3 is 10.1 Å². The minimum atomic E-state index is -3.83. The average molecular weight is 414 g/mol. The van der Waals surface area contributed by atoms with Crippen molar-refractivity contribution in [3.63, 3.8) is 0 Å². The number of carbonyl (C=O) groups excluding carboxylic acids is 1. The lowest BCUT2D eigenvalue weighted by Crippen LogP contribution is -2.24. The minimum absolute atomic E-state index is 0.172. The molecule has 0 aliphatic carbocycles. The molecule has 0 unspecified atom stereocenters. The van der Waals surface area contributed by atoms with Gasteiger partial charge >= 0.3 is 0 Å². The third kappa shape index (κ3) is 4.98. The van der Waals surface area contributed by atoms with Crippen molar-refractivity contribution in [3.8, 4) is 11.5 Å². The molecule has 2 N–H and O–H groups in total. The molecular weight excluding hydrogens is 395 g/mol. The van der Waals surface area contributed by atoms with Crippen LogP contribution in [-0.4, -0.2) is 20.9 Å². The molecule has 3 aromatic carbocycles. The van der Waals surface area contributed by atoms with Crippen molar-refractivity contribution in [3.05, 3.63) is 84.2 Å². The molecule has 0 aliphatic rings. The molecule has 0 radical (unpaired) electrons. The third-order valence-electron chi connectivity index (χ3n) is 3.93. The number of halogens is 1. The first-order valence-electron chi connectivity index (χ1n) is 8.83. The zero-order valence-electron chi connectivity index (χ0n) is 15.6. The summed E-state index contributed by atoms with van der Waals surface area (Å²) in [6.07, 6.45) is 0. The monoisotopic (exact) mass is 414 g/mol. The summed E-state index contributed by atoms with van der Waals surface area (Å²) >= 11 is 0. The number of sulfonamides is 1. The van der Waals surface area contributed by atoms with E-state index in [1.807, 2.05) is 18.2 Å². The highest BCUT2D eigenvalue weighted by Crippen LogP contribution is 2.29. The molecule has 0 aromatic heterocycles. The van der Waals surface area contributed by atoms with Crippen molar-refractivity contribution in [2.24, 2.45) is 0 Å². The van der Waals surface area contributed by atoms with Crippen molar-refractivity contribution >= 4 is 21.6 Å². The third-order valence-corrected chi connectivity index (χ3v) is 5.48.